The van der Waals surface area contributed by atoms with E-state index in [0.29, 0.717) is 53.1 Å². The fourth-order valence-electron chi connectivity index (χ4n) is 4.13. The molecule has 47 heavy (non-hydrogen) atoms. The van der Waals surface area contributed by atoms with E-state index in [-0.39, 0.29) is 12.4 Å². The number of nitrogens with one attached hydrogen (secondary N) is 2. The Labute approximate surface area is 276 Å². The zero-order valence-corrected chi connectivity index (χ0v) is 26.6. The molecule has 5 rings (SSSR count). The number of carboxylic acid groups (broad SMARTS) is 2. The van der Waals surface area contributed by atoms with Crippen molar-refractivity contribution in [3.8, 4) is 17.1 Å². The summed E-state index contributed by atoms with van der Waals surface area (Å²) in [4.78, 5) is 27.9. The number of fused-ring (bicyclic) bond motifs is 1. The number of hydrogen-bond donors (Lipinski definition) is 4. The maximum Gasteiger partial charge on any atom is 0.328 e. The van der Waals surface area contributed by atoms with Crippen LogP contribution in [0.25, 0.3) is 22.2 Å². The van der Waals surface area contributed by atoms with Gasteiger partial charge in [0.05, 0.1) is 17.1 Å². The van der Waals surface area contributed by atoms with Crippen molar-refractivity contribution in [3.63, 3.8) is 0 Å². The first-order valence-electron chi connectivity index (χ1n) is 14.0. The molecule has 244 valence electrons. The zero-order chi connectivity index (χ0) is 33.8. The van der Waals surface area contributed by atoms with E-state index in [1.807, 2.05) is 36.4 Å². The van der Waals surface area contributed by atoms with Crippen LogP contribution in [-0.4, -0.2) is 54.9 Å². The van der Waals surface area contributed by atoms with Crippen LogP contribution in [0.5, 0.6) is 5.75 Å². The van der Waals surface area contributed by atoms with Gasteiger partial charge in [0.15, 0.2) is 0 Å². The summed E-state index contributed by atoms with van der Waals surface area (Å²) in [6.45, 7) is 1.42. The van der Waals surface area contributed by atoms with E-state index >= 15 is 0 Å². The van der Waals surface area contributed by atoms with Gasteiger partial charge in [-0.05, 0) is 66.2 Å². The van der Waals surface area contributed by atoms with Crippen LogP contribution in [-0.2, 0) is 33.5 Å². The molecule has 0 fully saturated rings. The minimum absolute atomic E-state index is 0.202. The number of furan rings is 1. The first-order valence-corrected chi connectivity index (χ1v) is 16.1. The van der Waals surface area contributed by atoms with Crippen LogP contribution in [0.3, 0.4) is 0 Å². The number of ether oxygens (including phenoxy) is 1. The summed E-state index contributed by atoms with van der Waals surface area (Å²) in [6.07, 6.45) is 4.31. The molecule has 2 aromatic heterocycles. The first kappa shape index (κ1) is 34.8. The van der Waals surface area contributed by atoms with Crippen LogP contribution in [0.2, 0.25) is 5.02 Å². The summed E-state index contributed by atoms with van der Waals surface area (Å²) < 4.78 is 36.5. The molecule has 11 nitrogen and oxygen atoms in total. The number of carbonyl (C=O) groups is 2. The van der Waals surface area contributed by atoms with Crippen molar-refractivity contribution in [2.24, 2.45) is 0 Å². The number of aromatic nitrogens is 2. The lowest BCUT2D eigenvalue weighted by atomic mass is 10.1. The van der Waals surface area contributed by atoms with Crippen molar-refractivity contribution in [1.29, 1.82) is 0 Å². The van der Waals surface area contributed by atoms with E-state index < -0.39 is 22.7 Å². The van der Waals surface area contributed by atoms with E-state index in [4.69, 9.17) is 31.0 Å². The monoisotopic (exact) mass is 680 g/mol. The summed E-state index contributed by atoms with van der Waals surface area (Å²) in [5.41, 5.74) is 3.10. The van der Waals surface area contributed by atoms with Gasteiger partial charge in [0.1, 0.15) is 41.8 Å². The molecule has 5 aromatic rings. The van der Waals surface area contributed by atoms with Gasteiger partial charge in [-0.25, -0.2) is 23.9 Å². The summed E-state index contributed by atoms with van der Waals surface area (Å²) >= 11 is 6.48. The molecule has 0 saturated heterocycles. The highest BCUT2D eigenvalue weighted by molar-refractivity contribution is 7.84. The lowest BCUT2D eigenvalue weighted by molar-refractivity contribution is -0.134. The Morgan fingerprint density at radius 2 is 1.81 bits per heavy atom. The van der Waals surface area contributed by atoms with Crippen LogP contribution in [0, 0.1) is 5.82 Å². The first-order chi connectivity index (χ1) is 22.6. The molecule has 0 aliphatic heterocycles. The number of nitrogens with zero attached hydrogens (tertiary/aromatic N) is 2. The highest BCUT2D eigenvalue weighted by Gasteiger charge is 2.11. The second-order valence-electron chi connectivity index (χ2n) is 9.87. The van der Waals surface area contributed by atoms with E-state index in [1.54, 1.807) is 30.5 Å². The number of benzene rings is 3. The Morgan fingerprint density at radius 1 is 1.02 bits per heavy atom. The Kier molecular flexibility index (Phi) is 12.6. The summed E-state index contributed by atoms with van der Waals surface area (Å²) in [7, 11) is -0.826. The van der Waals surface area contributed by atoms with Crippen molar-refractivity contribution in [2.75, 3.05) is 23.9 Å². The van der Waals surface area contributed by atoms with Gasteiger partial charge in [0.25, 0.3) is 0 Å². The maximum atomic E-state index is 13.4. The molecule has 2 heterocycles. The van der Waals surface area contributed by atoms with Gasteiger partial charge in [-0.15, -0.1) is 0 Å². The lowest BCUT2D eigenvalue weighted by Crippen LogP contribution is -2.19. The third-order valence-corrected chi connectivity index (χ3v) is 7.37. The van der Waals surface area contributed by atoms with E-state index in [1.165, 1.54) is 18.5 Å². The van der Waals surface area contributed by atoms with Crippen molar-refractivity contribution in [3.05, 3.63) is 113 Å². The minimum atomic E-state index is -1.26. The van der Waals surface area contributed by atoms with E-state index in [2.05, 4.69) is 20.6 Å². The SMILES string of the molecule is CS(=O)CCNCc1ccc(-c2ccc3ncnc(Nc4ccc(OCc5cccc(F)c5)c(Cl)c4)c3c2)o1.O=C(O)/C=C\C(=O)O. The predicted octanol–water partition coefficient (Wildman–Crippen LogP) is 6.18. The Hall–Kier alpha value is -5.11. The standard InChI is InChI=1S/C29H26ClFN4O3S.C4H4O4/c1-39(36)12-11-32-16-23-7-10-27(38-23)20-5-8-26-24(14-20)29(34-18-33-26)35-22-6-9-28(25(30)15-22)37-17-19-3-2-4-21(31)13-19;5-3(6)1-2-4(7)8/h2-10,13-15,18,32H,11-12,16-17H2,1H3,(H,33,34,35);1-2H,(H,5,6)(H,7,8)/b;2-1-. The largest absolute Gasteiger partial charge is 0.487 e. The van der Waals surface area contributed by atoms with Crippen LogP contribution >= 0.6 is 11.6 Å². The molecule has 0 saturated carbocycles. The Balaban J connectivity index is 0.000000555. The summed E-state index contributed by atoms with van der Waals surface area (Å²) in [6, 6.07) is 21.3. The molecule has 1 atom stereocenters. The smallest absolute Gasteiger partial charge is 0.328 e. The topological polar surface area (TPSA) is 164 Å². The molecule has 14 heteroatoms. The average Bonchev–Trinajstić information content (AvgIpc) is 3.51. The molecule has 0 spiro atoms. The fraction of sp³-hybridized carbons (Fsp3) is 0.152. The normalized spacial score (nSPS) is 11.6. The number of hydrogen-bond acceptors (Lipinski definition) is 9. The second kappa shape index (κ2) is 17.0. The average molecular weight is 681 g/mol. The van der Waals surface area contributed by atoms with Gasteiger partial charge >= 0.3 is 11.9 Å². The molecule has 4 N–H and O–H groups in total. The van der Waals surface area contributed by atoms with E-state index in [9.17, 15) is 18.2 Å². The fourth-order valence-corrected chi connectivity index (χ4v) is 4.79. The minimum Gasteiger partial charge on any atom is -0.487 e. The van der Waals surface area contributed by atoms with Crippen molar-refractivity contribution in [1.82, 2.24) is 15.3 Å². The molecule has 0 aliphatic carbocycles. The van der Waals surface area contributed by atoms with Crippen LogP contribution < -0.4 is 15.4 Å². The second-order valence-corrected chi connectivity index (χ2v) is 11.8. The molecule has 0 amide bonds. The van der Waals surface area contributed by atoms with Gasteiger partial charge in [-0.3, -0.25) is 4.21 Å². The van der Waals surface area contributed by atoms with Gasteiger partial charge in [-0.1, -0.05) is 23.7 Å². The van der Waals surface area contributed by atoms with Crippen LogP contribution in [0.1, 0.15) is 11.3 Å². The van der Waals surface area contributed by atoms with Crippen LogP contribution in [0.15, 0.2) is 95.7 Å². The van der Waals surface area contributed by atoms with Crippen molar-refractivity contribution in [2.45, 2.75) is 13.2 Å². The van der Waals surface area contributed by atoms with Crippen molar-refractivity contribution < 1.29 is 37.6 Å². The van der Waals surface area contributed by atoms with E-state index in [0.717, 1.165) is 33.7 Å². The number of carboxylic acids is 2. The molecule has 0 radical (unpaired) electrons. The van der Waals surface area contributed by atoms with Gasteiger partial charge < -0.3 is 30.0 Å². The molecule has 3 aromatic carbocycles. The predicted molar refractivity (Wildman–Crippen MR) is 178 cm³/mol. The number of aliphatic carboxylic acids is 2. The molecular weight excluding hydrogens is 651 g/mol. The quantitative estimate of drug-likeness (QED) is 0.0829. The van der Waals surface area contributed by atoms with Gasteiger partial charge in [-0.2, -0.15) is 0 Å². The van der Waals surface area contributed by atoms with Gasteiger partial charge in [0.2, 0.25) is 0 Å². The summed E-state index contributed by atoms with van der Waals surface area (Å²) in [5.74, 6) is 0.409. The zero-order valence-electron chi connectivity index (χ0n) is 25.0. The number of anilines is 2. The molecule has 1 unspecified atom stereocenters. The molecular formula is C33H30ClFN4O7S. The highest BCUT2D eigenvalue weighted by atomic mass is 35.5. The van der Waals surface area contributed by atoms with Crippen molar-refractivity contribution >= 4 is 56.7 Å². The molecule has 0 aliphatic rings. The van der Waals surface area contributed by atoms with Gasteiger partial charge in [0, 0.05) is 58.1 Å². The third kappa shape index (κ3) is 11.0. The summed E-state index contributed by atoms with van der Waals surface area (Å²) in [5, 5.41) is 23.4. The van der Waals surface area contributed by atoms with Crippen LogP contribution in [0.4, 0.5) is 15.9 Å². The number of halogens is 2. The lowest BCUT2D eigenvalue weighted by Gasteiger charge is -2.12. The third-order valence-electron chi connectivity index (χ3n) is 6.29. The Bertz CT molecular complexity index is 1900. The maximum absolute atomic E-state index is 13.4. The number of rotatable bonds is 13. The Morgan fingerprint density at radius 3 is 2.51 bits per heavy atom. The molecule has 0 bridgehead atoms. The highest BCUT2D eigenvalue weighted by Crippen LogP contribution is 2.32.